The second-order valence-electron chi connectivity index (χ2n) is 6.16. The zero-order chi connectivity index (χ0) is 20.8. The number of aromatic nitrogens is 1. The maximum absolute atomic E-state index is 13.2. The van der Waals surface area contributed by atoms with Gasteiger partial charge in [0.25, 0.3) is 11.8 Å². The number of hydrogen-bond acceptors (Lipinski definition) is 7. The number of methoxy groups -OCH3 is 1. The smallest absolute Gasteiger partial charge is 0.272 e. The van der Waals surface area contributed by atoms with Crippen LogP contribution in [-0.2, 0) is 9.53 Å². The van der Waals surface area contributed by atoms with Gasteiger partial charge in [-0.1, -0.05) is 17.7 Å². The number of aryl methyl sites for hydroxylation is 2. The van der Waals surface area contributed by atoms with Gasteiger partial charge in [0.15, 0.2) is 5.69 Å². The van der Waals surface area contributed by atoms with Crippen molar-refractivity contribution in [1.82, 2.24) is 9.69 Å². The third kappa shape index (κ3) is 4.84. The number of amides is 3. The van der Waals surface area contributed by atoms with Gasteiger partial charge in [0.2, 0.25) is 5.91 Å². The summed E-state index contributed by atoms with van der Waals surface area (Å²) >= 11 is 0.774. The predicted molar refractivity (Wildman–Crippen MR) is 108 cm³/mol. The van der Waals surface area contributed by atoms with Crippen LogP contribution in [0.1, 0.15) is 31.3 Å². The van der Waals surface area contributed by atoms with Crippen LogP contribution in [0.5, 0.6) is 0 Å². The number of nitrogens with zero attached hydrogens (tertiary/aromatic N) is 2. The Kier molecular flexibility index (Phi) is 7.07. The largest absolute Gasteiger partial charge is 0.395 e. The van der Waals surface area contributed by atoms with Gasteiger partial charge in [0.1, 0.15) is 11.4 Å². The third-order valence-corrected chi connectivity index (χ3v) is 4.82. The third-order valence-electron chi connectivity index (χ3n) is 3.97. The first-order valence-corrected chi connectivity index (χ1v) is 9.23. The van der Waals surface area contributed by atoms with Crippen LogP contribution in [-0.4, -0.2) is 48.9 Å². The van der Waals surface area contributed by atoms with Crippen LogP contribution >= 0.6 is 11.5 Å². The van der Waals surface area contributed by atoms with Gasteiger partial charge in [0.05, 0.1) is 12.3 Å². The number of primary amides is 1. The van der Waals surface area contributed by atoms with Gasteiger partial charge in [-0.3, -0.25) is 19.3 Å². The number of ether oxygens (including phenoxy) is 1. The van der Waals surface area contributed by atoms with Crippen molar-refractivity contribution >= 4 is 40.6 Å². The molecule has 1 aromatic heterocycles. The number of nitrogens with one attached hydrogen (secondary N) is 1. The standard InChI is InChI=1S/C18H23N5O4S/c1-10-4-5-12(11(2)8-10)23(9-13(24)21-6-7-27-3)18(26)16-14(19)15(17(20)25)22-28-16/h4-5,8H,6-7,9,19H2,1-3H3,(H2,20,25)(H,21,24). The summed E-state index contributed by atoms with van der Waals surface area (Å²) in [6.45, 7) is 4.22. The molecular formula is C18H23N5O4S. The Labute approximate surface area is 166 Å². The van der Waals surface area contributed by atoms with Crippen LogP contribution in [0, 0.1) is 13.8 Å². The van der Waals surface area contributed by atoms with Crippen molar-refractivity contribution in [3.63, 3.8) is 0 Å². The van der Waals surface area contributed by atoms with Gasteiger partial charge in [-0.15, -0.1) is 0 Å². The molecule has 5 N–H and O–H groups in total. The lowest BCUT2D eigenvalue weighted by molar-refractivity contribution is -0.119. The van der Waals surface area contributed by atoms with Crippen LogP contribution < -0.4 is 21.7 Å². The van der Waals surface area contributed by atoms with E-state index in [4.69, 9.17) is 16.2 Å². The van der Waals surface area contributed by atoms with Crippen LogP contribution in [0.4, 0.5) is 11.4 Å². The van der Waals surface area contributed by atoms with Crippen molar-refractivity contribution in [3.8, 4) is 0 Å². The summed E-state index contributed by atoms with van der Waals surface area (Å²) in [6, 6.07) is 5.51. The monoisotopic (exact) mass is 405 g/mol. The van der Waals surface area contributed by atoms with Gasteiger partial charge in [-0.25, -0.2) is 0 Å². The maximum Gasteiger partial charge on any atom is 0.272 e. The molecule has 2 rings (SSSR count). The molecular weight excluding hydrogens is 382 g/mol. The molecule has 0 atom stereocenters. The number of nitrogens with two attached hydrogens (primary N) is 2. The molecule has 9 nitrogen and oxygen atoms in total. The first kappa shape index (κ1) is 21.3. The molecule has 10 heteroatoms. The molecule has 0 spiro atoms. The Bertz CT molecular complexity index is 896. The van der Waals surface area contributed by atoms with Crippen LogP contribution in [0.2, 0.25) is 0 Å². The molecule has 0 radical (unpaired) electrons. The Morgan fingerprint density at radius 1 is 1.29 bits per heavy atom. The van der Waals surface area contributed by atoms with Crippen LogP contribution in [0.15, 0.2) is 18.2 Å². The Balaban J connectivity index is 2.38. The number of anilines is 2. The molecule has 0 unspecified atom stereocenters. The number of rotatable bonds is 8. The fourth-order valence-corrected chi connectivity index (χ4v) is 3.37. The van der Waals surface area contributed by atoms with E-state index in [1.165, 1.54) is 12.0 Å². The van der Waals surface area contributed by atoms with Gasteiger partial charge in [-0.2, -0.15) is 4.37 Å². The molecule has 0 fully saturated rings. The molecule has 0 aliphatic rings. The van der Waals surface area contributed by atoms with Crippen molar-refractivity contribution in [2.45, 2.75) is 13.8 Å². The van der Waals surface area contributed by atoms with E-state index in [2.05, 4.69) is 9.69 Å². The quantitative estimate of drug-likeness (QED) is 0.556. The fourth-order valence-electron chi connectivity index (χ4n) is 2.62. The van der Waals surface area contributed by atoms with Crippen molar-refractivity contribution in [3.05, 3.63) is 39.9 Å². The average Bonchev–Trinajstić information content (AvgIpc) is 3.01. The summed E-state index contributed by atoms with van der Waals surface area (Å²) in [7, 11) is 1.53. The van der Waals surface area contributed by atoms with E-state index in [0.29, 0.717) is 18.8 Å². The highest BCUT2D eigenvalue weighted by atomic mass is 32.1. The molecule has 0 aliphatic heterocycles. The van der Waals surface area contributed by atoms with Crippen LogP contribution in [0.25, 0.3) is 0 Å². The molecule has 2 aromatic rings. The predicted octanol–water partition coefficient (Wildman–Crippen LogP) is 0.850. The molecule has 150 valence electrons. The van der Waals surface area contributed by atoms with Crippen LogP contribution in [0.3, 0.4) is 0 Å². The fraction of sp³-hybridized carbons (Fsp3) is 0.333. The summed E-state index contributed by atoms with van der Waals surface area (Å²) in [6.07, 6.45) is 0. The number of carbonyl (C=O) groups is 3. The van der Waals surface area contributed by atoms with E-state index >= 15 is 0 Å². The van der Waals surface area contributed by atoms with E-state index < -0.39 is 11.8 Å². The minimum Gasteiger partial charge on any atom is -0.395 e. The highest BCUT2D eigenvalue weighted by molar-refractivity contribution is 7.09. The highest BCUT2D eigenvalue weighted by Gasteiger charge is 2.28. The Morgan fingerprint density at radius 2 is 2.00 bits per heavy atom. The lowest BCUT2D eigenvalue weighted by Gasteiger charge is -2.24. The summed E-state index contributed by atoms with van der Waals surface area (Å²) in [5.74, 6) is -1.71. The van der Waals surface area contributed by atoms with Crippen molar-refractivity contribution < 1.29 is 19.1 Å². The number of benzene rings is 1. The van der Waals surface area contributed by atoms with Crippen molar-refractivity contribution in [2.75, 3.05) is 37.4 Å². The van der Waals surface area contributed by atoms with E-state index in [1.54, 1.807) is 6.07 Å². The Morgan fingerprint density at radius 3 is 2.57 bits per heavy atom. The summed E-state index contributed by atoms with van der Waals surface area (Å²) < 4.78 is 8.78. The molecule has 0 saturated carbocycles. The van der Waals surface area contributed by atoms with Gasteiger partial charge < -0.3 is 21.5 Å². The molecule has 1 aromatic carbocycles. The van der Waals surface area contributed by atoms with Gasteiger partial charge in [0, 0.05) is 19.3 Å². The summed E-state index contributed by atoms with van der Waals surface area (Å²) in [5, 5.41) is 2.68. The molecule has 3 amide bonds. The highest BCUT2D eigenvalue weighted by Crippen LogP contribution is 2.28. The van der Waals surface area contributed by atoms with E-state index in [1.807, 2.05) is 26.0 Å². The minimum atomic E-state index is -0.817. The van der Waals surface area contributed by atoms with Gasteiger partial charge in [-0.05, 0) is 37.0 Å². The lowest BCUT2D eigenvalue weighted by atomic mass is 10.1. The normalized spacial score (nSPS) is 10.5. The summed E-state index contributed by atoms with van der Waals surface area (Å²) in [5.41, 5.74) is 13.3. The van der Waals surface area contributed by atoms with E-state index in [0.717, 1.165) is 22.7 Å². The number of carbonyl (C=O) groups excluding carboxylic acids is 3. The SMILES string of the molecule is COCCNC(=O)CN(C(=O)c1snc(C(N)=O)c1N)c1ccc(C)cc1C. The maximum atomic E-state index is 13.2. The molecule has 0 saturated heterocycles. The van der Waals surface area contributed by atoms with E-state index in [9.17, 15) is 14.4 Å². The first-order valence-electron chi connectivity index (χ1n) is 8.46. The van der Waals surface area contributed by atoms with Crippen molar-refractivity contribution in [1.29, 1.82) is 0 Å². The molecule has 1 heterocycles. The van der Waals surface area contributed by atoms with Gasteiger partial charge >= 0.3 is 0 Å². The van der Waals surface area contributed by atoms with Crippen molar-refractivity contribution in [2.24, 2.45) is 5.73 Å². The first-order chi connectivity index (χ1) is 13.3. The summed E-state index contributed by atoms with van der Waals surface area (Å²) in [4.78, 5) is 38.3. The second kappa shape index (κ2) is 9.29. The zero-order valence-corrected chi connectivity index (χ0v) is 16.8. The topological polar surface area (TPSA) is 141 Å². The lowest BCUT2D eigenvalue weighted by Crippen LogP contribution is -2.42. The molecule has 0 bridgehead atoms. The average molecular weight is 405 g/mol. The number of nitrogen functional groups attached to an aromatic ring is 1. The number of hydrogen-bond donors (Lipinski definition) is 3. The molecule has 28 heavy (non-hydrogen) atoms. The zero-order valence-electron chi connectivity index (χ0n) is 15.9. The second-order valence-corrected chi connectivity index (χ2v) is 6.94. The minimum absolute atomic E-state index is 0.0541. The van der Waals surface area contributed by atoms with E-state index in [-0.39, 0.29) is 28.7 Å². The Hall–Kier alpha value is -2.98. The molecule has 0 aliphatic carbocycles.